The highest BCUT2D eigenvalue weighted by molar-refractivity contribution is 6.62. The van der Waals surface area contributed by atoms with Crippen LogP contribution in [0.2, 0.25) is 0 Å². The van der Waals surface area contributed by atoms with E-state index in [1.165, 1.54) is 4.90 Å². The van der Waals surface area contributed by atoms with E-state index in [-0.39, 0.29) is 17.3 Å². The van der Waals surface area contributed by atoms with Crippen molar-refractivity contribution in [3.8, 4) is 0 Å². The molecule has 5 nitrogen and oxygen atoms in total. The minimum absolute atomic E-state index is 0.379. The minimum Gasteiger partial charge on any atom is -0.443 e. The van der Waals surface area contributed by atoms with Crippen molar-refractivity contribution < 1.29 is 18.8 Å². The van der Waals surface area contributed by atoms with Crippen LogP contribution in [-0.4, -0.2) is 37.1 Å². The first-order valence-corrected chi connectivity index (χ1v) is 8.66. The number of hydrogen-bond acceptors (Lipinski definition) is 4. The number of anilines is 1. The van der Waals surface area contributed by atoms with Crippen molar-refractivity contribution in [1.29, 1.82) is 0 Å². The van der Waals surface area contributed by atoms with Crippen molar-refractivity contribution in [2.24, 2.45) is 0 Å². The van der Waals surface area contributed by atoms with Gasteiger partial charge >= 0.3 is 13.2 Å². The molecule has 138 valence electrons. The van der Waals surface area contributed by atoms with Gasteiger partial charge in [0.05, 0.1) is 11.2 Å². The van der Waals surface area contributed by atoms with E-state index in [9.17, 15) is 4.79 Å². The number of ether oxygens (including phenoxy) is 1. The molecule has 0 unspecified atom stereocenters. The topological polar surface area (TPSA) is 48.0 Å². The molecule has 0 aromatic heterocycles. The fraction of sp³-hybridized carbons (Fsp3) is 0.632. The SMILES string of the molecule is Cc1cc(N(C)C(=O)OC(C)(C)C)ccc1B1OC(C)(C)C(C)(C)O1. The van der Waals surface area contributed by atoms with Crippen LogP contribution < -0.4 is 10.4 Å². The summed E-state index contributed by atoms with van der Waals surface area (Å²) >= 11 is 0. The van der Waals surface area contributed by atoms with E-state index >= 15 is 0 Å². The molecular weight excluding hydrogens is 317 g/mol. The molecule has 0 atom stereocenters. The Kier molecular flexibility index (Phi) is 5.01. The van der Waals surface area contributed by atoms with E-state index in [2.05, 4.69) is 0 Å². The number of rotatable bonds is 2. The van der Waals surface area contributed by atoms with Crippen molar-refractivity contribution in [3.63, 3.8) is 0 Å². The maximum Gasteiger partial charge on any atom is 0.495 e. The van der Waals surface area contributed by atoms with Gasteiger partial charge in [0.25, 0.3) is 0 Å². The summed E-state index contributed by atoms with van der Waals surface area (Å²) in [5.41, 5.74) is 1.47. The first-order chi connectivity index (χ1) is 11.2. The van der Waals surface area contributed by atoms with Gasteiger partial charge in [-0.1, -0.05) is 6.07 Å². The summed E-state index contributed by atoms with van der Waals surface area (Å²) in [7, 11) is 1.29. The first kappa shape index (κ1) is 19.8. The largest absolute Gasteiger partial charge is 0.495 e. The van der Waals surface area contributed by atoms with E-state index in [1.54, 1.807) is 7.05 Å². The molecule has 0 N–H and O–H groups in total. The van der Waals surface area contributed by atoms with Gasteiger partial charge in [-0.2, -0.15) is 0 Å². The lowest BCUT2D eigenvalue weighted by Crippen LogP contribution is -2.41. The molecule has 25 heavy (non-hydrogen) atoms. The van der Waals surface area contributed by atoms with Crippen LogP contribution in [0.1, 0.15) is 54.0 Å². The lowest BCUT2D eigenvalue weighted by molar-refractivity contribution is 0.00578. The minimum atomic E-state index is -0.525. The molecule has 1 fully saturated rings. The molecule has 1 aliphatic rings. The van der Waals surface area contributed by atoms with Crippen LogP contribution >= 0.6 is 0 Å². The normalized spacial score (nSPS) is 19.0. The zero-order valence-corrected chi connectivity index (χ0v) is 16.9. The van der Waals surface area contributed by atoms with Gasteiger partial charge in [0, 0.05) is 12.7 Å². The summed E-state index contributed by atoms with van der Waals surface area (Å²) in [6.45, 7) is 15.7. The van der Waals surface area contributed by atoms with Gasteiger partial charge in [0.2, 0.25) is 0 Å². The summed E-state index contributed by atoms with van der Waals surface area (Å²) in [5, 5.41) is 0. The highest BCUT2D eigenvalue weighted by Crippen LogP contribution is 2.36. The average molecular weight is 347 g/mol. The van der Waals surface area contributed by atoms with Gasteiger partial charge in [-0.15, -0.1) is 0 Å². The molecule has 1 heterocycles. The van der Waals surface area contributed by atoms with E-state index < -0.39 is 12.7 Å². The maximum absolute atomic E-state index is 12.2. The van der Waals surface area contributed by atoms with Gasteiger partial charge in [-0.3, -0.25) is 4.90 Å². The van der Waals surface area contributed by atoms with Gasteiger partial charge in [-0.05, 0) is 78.5 Å². The predicted octanol–water partition coefficient (Wildman–Crippen LogP) is 3.67. The molecule has 1 saturated heterocycles. The molecule has 0 bridgehead atoms. The van der Waals surface area contributed by atoms with Crippen LogP contribution in [-0.2, 0) is 14.0 Å². The fourth-order valence-electron chi connectivity index (χ4n) is 2.54. The Hall–Kier alpha value is -1.53. The first-order valence-electron chi connectivity index (χ1n) is 8.66. The lowest BCUT2D eigenvalue weighted by atomic mass is 9.76. The van der Waals surface area contributed by atoms with Gasteiger partial charge in [0.15, 0.2) is 0 Å². The number of hydrogen-bond donors (Lipinski definition) is 0. The lowest BCUT2D eigenvalue weighted by Gasteiger charge is -2.32. The van der Waals surface area contributed by atoms with Gasteiger partial charge in [-0.25, -0.2) is 4.79 Å². The van der Waals surface area contributed by atoms with Crippen LogP contribution in [0, 0.1) is 6.92 Å². The third-order valence-corrected chi connectivity index (χ3v) is 4.82. The van der Waals surface area contributed by atoms with E-state index in [0.29, 0.717) is 0 Å². The number of benzene rings is 1. The number of carbonyl (C=O) groups is 1. The Morgan fingerprint density at radius 3 is 2.08 bits per heavy atom. The number of nitrogens with zero attached hydrogens (tertiary/aromatic N) is 1. The summed E-state index contributed by atoms with van der Waals surface area (Å²) in [6, 6.07) is 5.79. The zero-order valence-electron chi connectivity index (χ0n) is 16.9. The third-order valence-electron chi connectivity index (χ3n) is 4.82. The molecule has 0 aliphatic carbocycles. The number of carbonyl (C=O) groups excluding carboxylic acids is 1. The summed E-state index contributed by atoms with van der Waals surface area (Å²) in [5.74, 6) is 0. The Morgan fingerprint density at radius 1 is 1.12 bits per heavy atom. The smallest absolute Gasteiger partial charge is 0.443 e. The van der Waals surface area contributed by atoms with Crippen molar-refractivity contribution in [1.82, 2.24) is 0 Å². The molecular formula is C19H30BNO4. The number of aryl methyl sites for hydroxylation is 1. The Morgan fingerprint density at radius 2 is 1.64 bits per heavy atom. The van der Waals surface area contributed by atoms with Crippen molar-refractivity contribution in [2.45, 2.75) is 72.2 Å². The molecule has 1 aromatic rings. The van der Waals surface area contributed by atoms with Gasteiger partial charge < -0.3 is 14.0 Å². The molecule has 0 spiro atoms. The predicted molar refractivity (Wildman–Crippen MR) is 102 cm³/mol. The van der Waals surface area contributed by atoms with E-state index in [1.807, 2.05) is 73.6 Å². The Labute approximate surface area is 151 Å². The van der Waals surface area contributed by atoms with E-state index in [4.69, 9.17) is 14.0 Å². The maximum atomic E-state index is 12.2. The van der Waals surface area contributed by atoms with Crippen molar-refractivity contribution >= 4 is 24.4 Å². The standard InChI is InChI=1S/C19H30BNO4/c1-13-12-14(21(9)16(22)23-17(2,3)4)10-11-15(13)20-24-18(5,6)19(7,8)25-20/h10-12H,1-9H3. The van der Waals surface area contributed by atoms with Crippen LogP contribution in [0.5, 0.6) is 0 Å². The van der Waals surface area contributed by atoms with Crippen LogP contribution in [0.15, 0.2) is 18.2 Å². The highest BCUT2D eigenvalue weighted by atomic mass is 16.7. The quantitative estimate of drug-likeness (QED) is 0.766. The summed E-state index contributed by atoms with van der Waals surface area (Å²) < 4.78 is 17.7. The summed E-state index contributed by atoms with van der Waals surface area (Å²) in [6.07, 6.45) is -0.379. The molecule has 1 amide bonds. The molecule has 0 saturated carbocycles. The molecule has 2 rings (SSSR count). The second-order valence-corrected chi connectivity index (χ2v) is 8.67. The third kappa shape index (κ3) is 4.18. The Bertz CT molecular complexity index is 648. The zero-order chi connectivity index (χ0) is 19.2. The second kappa shape index (κ2) is 6.33. The Balaban J connectivity index is 2.21. The fourth-order valence-corrected chi connectivity index (χ4v) is 2.54. The molecule has 1 aromatic carbocycles. The van der Waals surface area contributed by atoms with Crippen molar-refractivity contribution in [3.05, 3.63) is 23.8 Å². The van der Waals surface area contributed by atoms with E-state index in [0.717, 1.165) is 16.7 Å². The highest BCUT2D eigenvalue weighted by Gasteiger charge is 2.52. The average Bonchev–Trinajstić information content (AvgIpc) is 2.64. The van der Waals surface area contributed by atoms with Crippen LogP contribution in [0.3, 0.4) is 0 Å². The van der Waals surface area contributed by atoms with Crippen LogP contribution in [0.25, 0.3) is 0 Å². The second-order valence-electron chi connectivity index (χ2n) is 8.67. The van der Waals surface area contributed by atoms with Gasteiger partial charge in [0.1, 0.15) is 5.60 Å². The molecule has 0 radical (unpaired) electrons. The molecule has 6 heteroatoms. The summed E-state index contributed by atoms with van der Waals surface area (Å²) in [4.78, 5) is 13.7. The monoisotopic (exact) mass is 347 g/mol. The molecule has 1 aliphatic heterocycles. The van der Waals surface area contributed by atoms with Crippen LogP contribution in [0.4, 0.5) is 10.5 Å². The van der Waals surface area contributed by atoms with Crippen molar-refractivity contribution in [2.75, 3.05) is 11.9 Å². The number of amides is 1.